The number of aliphatic hydroxyl groups is 1. The van der Waals surface area contributed by atoms with E-state index in [1.165, 1.54) is 11.1 Å². The summed E-state index contributed by atoms with van der Waals surface area (Å²) in [6, 6.07) is 18.3. The molecule has 0 amide bonds. The number of hydrogen-bond donors (Lipinski definition) is 3. The van der Waals surface area contributed by atoms with Crippen molar-refractivity contribution in [2.45, 2.75) is 32.9 Å². The molecule has 0 heterocycles. The van der Waals surface area contributed by atoms with Crippen LogP contribution in [0.3, 0.4) is 0 Å². The Labute approximate surface area is 144 Å². The highest BCUT2D eigenvalue weighted by atomic mass is 16.3. The molecular weight excluding hydrogens is 298 g/mol. The van der Waals surface area contributed by atoms with E-state index < -0.39 is 6.10 Å². The van der Waals surface area contributed by atoms with Crippen molar-refractivity contribution in [1.29, 1.82) is 0 Å². The molecule has 24 heavy (non-hydrogen) atoms. The maximum atomic E-state index is 10.2. The van der Waals surface area contributed by atoms with E-state index in [4.69, 9.17) is 0 Å². The lowest BCUT2D eigenvalue weighted by molar-refractivity contribution is 0.177. The van der Waals surface area contributed by atoms with Crippen molar-refractivity contribution in [3.63, 3.8) is 0 Å². The summed E-state index contributed by atoms with van der Waals surface area (Å²) in [5, 5.41) is 16.6. The van der Waals surface area contributed by atoms with E-state index in [2.05, 4.69) is 34.7 Å². The molecule has 2 aromatic carbocycles. The molecule has 4 heteroatoms. The van der Waals surface area contributed by atoms with Crippen molar-refractivity contribution < 1.29 is 5.11 Å². The predicted octanol–water partition coefficient (Wildman–Crippen LogP) is 2.65. The Morgan fingerprint density at radius 3 is 2.46 bits per heavy atom. The van der Waals surface area contributed by atoms with E-state index in [9.17, 15) is 5.11 Å². The molecule has 0 saturated heterocycles. The van der Waals surface area contributed by atoms with Crippen molar-refractivity contribution in [2.75, 3.05) is 13.1 Å². The fraction of sp³-hybridized carbons (Fsp3) is 0.350. The number of nitrogens with zero attached hydrogens (tertiary/aromatic N) is 1. The Balaban J connectivity index is 1.88. The van der Waals surface area contributed by atoms with Gasteiger partial charge in [0, 0.05) is 19.5 Å². The lowest BCUT2D eigenvalue weighted by Crippen LogP contribution is -2.41. The third-order valence-electron chi connectivity index (χ3n) is 3.83. The standard InChI is InChI=1S/C20H27N3O/c1-3-21-20(22-14-18-12-8-7-9-16(18)2)23-15-19(24)13-17-10-5-4-6-11-17/h4-12,19,24H,3,13-15H2,1-2H3,(H2,21,22,23). The van der Waals surface area contributed by atoms with Gasteiger partial charge in [-0.25, -0.2) is 4.99 Å². The minimum Gasteiger partial charge on any atom is -0.391 e. The zero-order chi connectivity index (χ0) is 17.2. The fourth-order valence-electron chi connectivity index (χ4n) is 2.47. The average Bonchev–Trinajstić information content (AvgIpc) is 2.59. The normalized spacial score (nSPS) is 12.7. The largest absolute Gasteiger partial charge is 0.391 e. The summed E-state index contributed by atoms with van der Waals surface area (Å²) in [5.41, 5.74) is 3.58. The molecule has 0 saturated carbocycles. The van der Waals surface area contributed by atoms with Gasteiger partial charge < -0.3 is 15.7 Å². The molecule has 0 aliphatic carbocycles. The van der Waals surface area contributed by atoms with Crippen LogP contribution < -0.4 is 10.6 Å². The molecule has 1 unspecified atom stereocenters. The van der Waals surface area contributed by atoms with Crippen LogP contribution in [0.2, 0.25) is 0 Å². The van der Waals surface area contributed by atoms with Gasteiger partial charge in [0.25, 0.3) is 0 Å². The van der Waals surface area contributed by atoms with Crippen molar-refractivity contribution in [1.82, 2.24) is 10.6 Å². The molecule has 2 aromatic rings. The van der Waals surface area contributed by atoms with Crippen LogP contribution >= 0.6 is 0 Å². The number of aliphatic imine (C=N–C) groups is 1. The van der Waals surface area contributed by atoms with Crippen LogP contribution in [0.1, 0.15) is 23.6 Å². The smallest absolute Gasteiger partial charge is 0.191 e. The van der Waals surface area contributed by atoms with E-state index in [1.807, 2.05) is 49.4 Å². The molecule has 4 nitrogen and oxygen atoms in total. The summed E-state index contributed by atoms with van der Waals surface area (Å²) < 4.78 is 0. The first-order valence-electron chi connectivity index (χ1n) is 8.47. The second-order valence-electron chi connectivity index (χ2n) is 5.85. The molecule has 0 aliphatic rings. The molecule has 3 N–H and O–H groups in total. The highest BCUT2D eigenvalue weighted by molar-refractivity contribution is 5.79. The highest BCUT2D eigenvalue weighted by Crippen LogP contribution is 2.08. The predicted molar refractivity (Wildman–Crippen MR) is 100 cm³/mol. The molecule has 0 spiro atoms. The first-order chi connectivity index (χ1) is 11.7. The van der Waals surface area contributed by atoms with E-state index >= 15 is 0 Å². The maximum absolute atomic E-state index is 10.2. The van der Waals surface area contributed by atoms with E-state index in [0.717, 1.165) is 18.1 Å². The quantitative estimate of drug-likeness (QED) is 0.542. The zero-order valence-electron chi connectivity index (χ0n) is 14.5. The third-order valence-corrected chi connectivity index (χ3v) is 3.83. The highest BCUT2D eigenvalue weighted by Gasteiger charge is 2.07. The van der Waals surface area contributed by atoms with Gasteiger partial charge in [-0.2, -0.15) is 0 Å². The number of aryl methyl sites for hydroxylation is 1. The van der Waals surface area contributed by atoms with Crippen LogP contribution in [0.5, 0.6) is 0 Å². The molecule has 0 bridgehead atoms. The van der Waals surface area contributed by atoms with Gasteiger partial charge in [-0.3, -0.25) is 0 Å². The summed E-state index contributed by atoms with van der Waals surface area (Å²) in [4.78, 5) is 4.61. The molecular formula is C20H27N3O. The molecule has 1 atom stereocenters. The lowest BCUT2D eigenvalue weighted by Gasteiger charge is -2.15. The van der Waals surface area contributed by atoms with Gasteiger partial charge in [0.15, 0.2) is 5.96 Å². The zero-order valence-corrected chi connectivity index (χ0v) is 14.5. The number of benzene rings is 2. The summed E-state index contributed by atoms with van der Waals surface area (Å²) in [6.07, 6.45) is 0.181. The summed E-state index contributed by atoms with van der Waals surface area (Å²) in [6.45, 7) is 6.00. The fourth-order valence-corrected chi connectivity index (χ4v) is 2.47. The first-order valence-corrected chi connectivity index (χ1v) is 8.47. The second-order valence-corrected chi connectivity index (χ2v) is 5.85. The minimum atomic E-state index is -0.449. The second kappa shape index (κ2) is 9.73. The first kappa shape index (κ1) is 18.0. The third kappa shape index (κ3) is 6.05. The van der Waals surface area contributed by atoms with Gasteiger partial charge in [-0.15, -0.1) is 0 Å². The Morgan fingerprint density at radius 1 is 1.04 bits per heavy atom. The van der Waals surface area contributed by atoms with Crippen LogP contribution in [0.25, 0.3) is 0 Å². The van der Waals surface area contributed by atoms with Crippen LogP contribution in [-0.4, -0.2) is 30.3 Å². The number of rotatable bonds is 7. The Bertz CT molecular complexity index is 640. The average molecular weight is 325 g/mol. The molecule has 0 aliphatic heterocycles. The topological polar surface area (TPSA) is 56.7 Å². The Morgan fingerprint density at radius 2 is 1.75 bits per heavy atom. The molecule has 0 fully saturated rings. The van der Waals surface area contributed by atoms with Crippen molar-refractivity contribution >= 4 is 5.96 Å². The minimum absolute atomic E-state index is 0.449. The number of nitrogens with one attached hydrogen (secondary N) is 2. The Kier molecular flexibility index (Phi) is 7.30. The molecule has 0 aromatic heterocycles. The van der Waals surface area contributed by atoms with E-state index in [0.29, 0.717) is 19.5 Å². The van der Waals surface area contributed by atoms with Gasteiger partial charge in [0.2, 0.25) is 0 Å². The van der Waals surface area contributed by atoms with E-state index in [1.54, 1.807) is 0 Å². The maximum Gasteiger partial charge on any atom is 0.191 e. The van der Waals surface area contributed by atoms with Crippen LogP contribution in [0.4, 0.5) is 0 Å². The number of aliphatic hydroxyl groups excluding tert-OH is 1. The van der Waals surface area contributed by atoms with E-state index in [-0.39, 0.29) is 0 Å². The van der Waals surface area contributed by atoms with Gasteiger partial charge in [-0.05, 0) is 30.5 Å². The van der Waals surface area contributed by atoms with Crippen LogP contribution in [0, 0.1) is 6.92 Å². The Hall–Kier alpha value is -2.33. The lowest BCUT2D eigenvalue weighted by atomic mass is 10.1. The van der Waals surface area contributed by atoms with Crippen molar-refractivity contribution in [3.8, 4) is 0 Å². The molecule has 128 valence electrons. The van der Waals surface area contributed by atoms with Gasteiger partial charge in [0.05, 0.1) is 12.6 Å². The van der Waals surface area contributed by atoms with Crippen molar-refractivity contribution in [3.05, 3.63) is 71.3 Å². The number of guanidine groups is 1. The summed E-state index contributed by atoms with van der Waals surface area (Å²) >= 11 is 0. The SMILES string of the molecule is CCNC(=NCc1ccccc1C)NCC(O)Cc1ccccc1. The monoisotopic (exact) mass is 325 g/mol. The van der Waals surface area contributed by atoms with Crippen LogP contribution in [-0.2, 0) is 13.0 Å². The van der Waals surface area contributed by atoms with Gasteiger partial charge in [-0.1, -0.05) is 54.6 Å². The van der Waals surface area contributed by atoms with Gasteiger partial charge in [0.1, 0.15) is 0 Å². The molecule has 0 radical (unpaired) electrons. The number of hydrogen-bond acceptors (Lipinski definition) is 2. The van der Waals surface area contributed by atoms with Crippen LogP contribution in [0.15, 0.2) is 59.6 Å². The summed E-state index contributed by atoms with van der Waals surface area (Å²) in [7, 11) is 0. The molecule has 2 rings (SSSR count). The summed E-state index contributed by atoms with van der Waals surface area (Å²) in [5.74, 6) is 0.730. The van der Waals surface area contributed by atoms with Gasteiger partial charge >= 0.3 is 0 Å². The van der Waals surface area contributed by atoms with Crippen molar-refractivity contribution in [2.24, 2.45) is 4.99 Å².